The van der Waals surface area contributed by atoms with Gasteiger partial charge >= 0.3 is 6.18 Å². The van der Waals surface area contributed by atoms with Crippen LogP contribution in [0.1, 0.15) is 51.6 Å². The van der Waals surface area contributed by atoms with Gasteiger partial charge in [0.1, 0.15) is 17.1 Å². The molecule has 0 aliphatic carbocycles. The Morgan fingerprint density at radius 1 is 0.851 bits per heavy atom. The number of carbonyl (C=O) groups excluding carboxylic acids is 1. The summed E-state index contributed by atoms with van der Waals surface area (Å²) in [6.45, 7) is 0. The van der Waals surface area contributed by atoms with Gasteiger partial charge < -0.3 is 5.32 Å². The third-order valence-electron chi connectivity index (χ3n) is 8.09. The summed E-state index contributed by atoms with van der Waals surface area (Å²) in [7, 11) is -8.38. The van der Waals surface area contributed by atoms with E-state index in [0.717, 1.165) is 29.3 Å². The maximum absolute atomic E-state index is 13.6. The molecule has 2 aliphatic heterocycles. The predicted molar refractivity (Wildman–Crippen MR) is 169 cm³/mol. The number of sulfonamides is 2. The van der Waals surface area contributed by atoms with E-state index in [0.29, 0.717) is 17.2 Å². The van der Waals surface area contributed by atoms with Crippen molar-refractivity contribution in [2.24, 2.45) is 4.99 Å². The van der Waals surface area contributed by atoms with Crippen molar-refractivity contribution < 1.29 is 34.8 Å². The minimum Gasteiger partial charge on any atom is -0.363 e. The molecule has 3 N–H and O–H groups in total. The van der Waals surface area contributed by atoms with E-state index in [-0.39, 0.29) is 24.7 Å². The molecule has 2 heterocycles. The molecular formula is C33H29F3N4O5S2. The molecule has 244 valence electrons. The van der Waals surface area contributed by atoms with Crippen molar-refractivity contribution in [3.8, 4) is 0 Å². The molecule has 4 atom stereocenters. The summed E-state index contributed by atoms with van der Waals surface area (Å²) in [5.41, 5.74) is 1.63. The second kappa shape index (κ2) is 12.6. The average Bonchev–Trinajstić information content (AvgIpc) is 3.61. The summed E-state index contributed by atoms with van der Waals surface area (Å²) in [4.78, 5) is 16.1. The van der Waals surface area contributed by atoms with E-state index in [2.05, 4.69) is 10.0 Å². The van der Waals surface area contributed by atoms with Crippen molar-refractivity contribution in [2.45, 2.75) is 47.3 Å². The third-order valence-corrected chi connectivity index (χ3v) is 11.3. The van der Waals surface area contributed by atoms with E-state index in [1.54, 1.807) is 24.3 Å². The van der Waals surface area contributed by atoms with E-state index >= 15 is 0 Å². The first-order chi connectivity index (χ1) is 22.3. The number of amides is 1. The summed E-state index contributed by atoms with van der Waals surface area (Å²) in [6.07, 6.45) is -4.95. The lowest BCUT2D eigenvalue weighted by molar-refractivity contribution is -0.137. The number of alkyl halides is 3. The molecule has 0 saturated carbocycles. The van der Waals surface area contributed by atoms with Crippen molar-refractivity contribution in [3.63, 3.8) is 0 Å². The number of benzene rings is 4. The summed E-state index contributed by atoms with van der Waals surface area (Å²) >= 11 is 0. The van der Waals surface area contributed by atoms with Crippen molar-refractivity contribution in [1.29, 1.82) is 0 Å². The van der Waals surface area contributed by atoms with Gasteiger partial charge in [0.2, 0.25) is 26.0 Å². The van der Waals surface area contributed by atoms with Crippen LogP contribution in [0.15, 0.2) is 119 Å². The van der Waals surface area contributed by atoms with Crippen LogP contribution in [0, 0.1) is 0 Å². The molecule has 0 radical (unpaired) electrons. The van der Waals surface area contributed by atoms with Crippen LogP contribution in [0.25, 0.3) is 0 Å². The fraction of sp³-hybridized carbons (Fsp3) is 0.212. The van der Waals surface area contributed by atoms with E-state index in [1.807, 2.05) is 65.4 Å². The number of aliphatic imine (C=N–C) groups is 1. The Balaban J connectivity index is 1.37. The third kappa shape index (κ3) is 7.09. The Hall–Kier alpha value is -4.53. The number of amidine groups is 1. The lowest BCUT2D eigenvalue weighted by Crippen LogP contribution is -2.47. The van der Waals surface area contributed by atoms with Gasteiger partial charge in [-0.1, -0.05) is 91.0 Å². The first-order valence-corrected chi connectivity index (χ1v) is 17.6. The quantitative estimate of drug-likeness (QED) is 0.228. The zero-order valence-corrected chi connectivity index (χ0v) is 26.2. The molecule has 4 aromatic carbocycles. The molecule has 0 aromatic heterocycles. The topological polar surface area (TPSA) is 134 Å². The van der Waals surface area contributed by atoms with E-state index in [4.69, 9.17) is 4.99 Å². The maximum atomic E-state index is 13.6. The zero-order chi connectivity index (χ0) is 33.4. The highest BCUT2D eigenvalue weighted by Crippen LogP contribution is 2.37. The first-order valence-electron chi connectivity index (χ1n) is 14.6. The minimum absolute atomic E-state index is 0.0158. The van der Waals surface area contributed by atoms with Gasteiger partial charge in [0, 0.05) is 0 Å². The first kappa shape index (κ1) is 32.4. The standard InChI is InChI=1S/C33H29F3N4O5S2/c34-33(35,36)25-12-7-13-26(19-25)46(42,43)39-27(18-21-14-16-22(17-15-21)28-20-29(41)40-47(28,44)45)32-37-30(23-8-3-1-4-9-23)31(38-32)24-10-5-2-6-11-24/h1-17,19,27-28,30-31,39H,18,20H2,(H,37,38)(H,40,41)/t27?,28?,30-,31-/m0/s1. The van der Waals surface area contributed by atoms with Gasteiger partial charge in [-0.2, -0.15) is 13.2 Å². The molecule has 14 heteroatoms. The fourth-order valence-electron chi connectivity index (χ4n) is 5.77. The van der Waals surface area contributed by atoms with Gasteiger partial charge in [-0.3, -0.25) is 14.5 Å². The monoisotopic (exact) mass is 682 g/mol. The number of hydrogen-bond donors (Lipinski definition) is 3. The van der Waals surface area contributed by atoms with Crippen LogP contribution in [-0.2, 0) is 37.4 Å². The largest absolute Gasteiger partial charge is 0.416 e. The zero-order valence-electron chi connectivity index (χ0n) is 24.6. The molecule has 1 amide bonds. The van der Waals surface area contributed by atoms with Crippen molar-refractivity contribution in [3.05, 3.63) is 137 Å². The highest BCUT2D eigenvalue weighted by molar-refractivity contribution is 7.90. The summed E-state index contributed by atoms with van der Waals surface area (Å²) in [5, 5.41) is 2.32. The maximum Gasteiger partial charge on any atom is 0.416 e. The lowest BCUT2D eigenvalue weighted by Gasteiger charge is -2.23. The molecule has 2 aliphatic rings. The van der Waals surface area contributed by atoms with Gasteiger partial charge in [0.15, 0.2) is 0 Å². The number of hydrogen-bond acceptors (Lipinski definition) is 7. The van der Waals surface area contributed by atoms with Crippen molar-refractivity contribution >= 4 is 31.8 Å². The number of halogens is 3. The Morgan fingerprint density at radius 3 is 2.09 bits per heavy atom. The number of rotatable bonds is 9. The van der Waals surface area contributed by atoms with Crippen molar-refractivity contribution in [2.75, 3.05) is 0 Å². The van der Waals surface area contributed by atoms with Crippen LogP contribution in [0.3, 0.4) is 0 Å². The SMILES string of the molecule is O=C1CC(c2ccc(CC(NS(=O)(=O)c3cccc(C(F)(F)F)c3)C3=N[C@@H](c4ccccc4)[C@H](c4ccccc4)N3)cc2)S(=O)(=O)N1. The van der Waals surface area contributed by atoms with Crippen LogP contribution in [0.5, 0.6) is 0 Å². The summed E-state index contributed by atoms with van der Waals surface area (Å²) < 4.78 is 97.0. The molecule has 1 fully saturated rings. The fourth-order valence-corrected chi connectivity index (χ4v) is 8.45. The molecule has 47 heavy (non-hydrogen) atoms. The molecular weight excluding hydrogens is 654 g/mol. The van der Waals surface area contributed by atoms with E-state index in [1.165, 1.54) is 0 Å². The molecule has 9 nitrogen and oxygen atoms in total. The average molecular weight is 683 g/mol. The highest BCUT2D eigenvalue weighted by atomic mass is 32.2. The molecule has 6 rings (SSSR count). The smallest absolute Gasteiger partial charge is 0.363 e. The molecule has 2 unspecified atom stereocenters. The van der Waals surface area contributed by atoms with Gasteiger partial charge in [-0.05, 0) is 46.9 Å². The molecule has 0 bridgehead atoms. The van der Waals surface area contributed by atoms with Crippen LogP contribution in [0.4, 0.5) is 13.2 Å². The van der Waals surface area contributed by atoms with Gasteiger partial charge in [0.25, 0.3) is 0 Å². The number of nitrogens with zero attached hydrogens (tertiary/aromatic N) is 1. The van der Waals surface area contributed by atoms with Crippen LogP contribution in [-0.4, -0.2) is 34.6 Å². The van der Waals surface area contributed by atoms with E-state index in [9.17, 15) is 34.8 Å². The van der Waals surface area contributed by atoms with E-state index < -0.39 is 59.9 Å². The molecule has 0 spiro atoms. The van der Waals surface area contributed by atoms with Crippen LogP contribution < -0.4 is 14.8 Å². The molecule has 4 aromatic rings. The number of carbonyl (C=O) groups is 1. The van der Waals surface area contributed by atoms with Gasteiger partial charge in [0.05, 0.1) is 29.0 Å². The van der Waals surface area contributed by atoms with Crippen LogP contribution in [0.2, 0.25) is 0 Å². The number of nitrogens with one attached hydrogen (secondary N) is 3. The van der Waals surface area contributed by atoms with Crippen LogP contribution >= 0.6 is 0 Å². The Labute approximate surface area is 270 Å². The highest BCUT2D eigenvalue weighted by Gasteiger charge is 2.39. The summed E-state index contributed by atoms with van der Waals surface area (Å²) in [6, 6.07) is 26.8. The second-order valence-corrected chi connectivity index (χ2v) is 14.9. The van der Waals surface area contributed by atoms with Gasteiger partial charge in [-0.15, -0.1) is 0 Å². The normalized spacial score (nSPS) is 21.5. The Kier molecular flexibility index (Phi) is 8.68. The lowest BCUT2D eigenvalue weighted by atomic mass is 9.95. The minimum atomic E-state index is -4.75. The summed E-state index contributed by atoms with van der Waals surface area (Å²) in [5.74, 6) is -0.324. The Morgan fingerprint density at radius 2 is 1.49 bits per heavy atom. The molecule has 1 saturated heterocycles. The van der Waals surface area contributed by atoms with Crippen molar-refractivity contribution in [1.82, 2.24) is 14.8 Å². The predicted octanol–water partition coefficient (Wildman–Crippen LogP) is 4.97. The van der Waals surface area contributed by atoms with Gasteiger partial charge in [-0.25, -0.2) is 21.6 Å². The second-order valence-electron chi connectivity index (χ2n) is 11.3. The Bertz CT molecular complexity index is 2020.